The predicted octanol–water partition coefficient (Wildman–Crippen LogP) is 1.98. The van der Waals surface area contributed by atoms with Gasteiger partial charge >= 0.3 is 0 Å². The van der Waals surface area contributed by atoms with E-state index in [0.29, 0.717) is 13.2 Å². The Labute approximate surface area is 115 Å². The van der Waals surface area contributed by atoms with Gasteiger partial charge in [0.2, 0.25) is 0 Å². The second-order valence-electron chi connectivity index (χ2n) is 3.96. The van der Waals surface area contributed by atoms with Gasteiger partial charge in [0, 0.05) is 20.1 Å². The summed E-state index contributed by atoms with van der Waals surface area (Å²) in [5.41, 5.74) is 1.20. The van der Waals surface area contributed by atoms with Crippen molar-refractivity contribution in [1.82, 2.24) is 10.6 Å². The van der Waals surface area contributed by atoms with E-state index in [4.69, 9.17) is 4.74 Å². The van der Waals surface area contributed by atoms with Crippen LogP contribution in [0.1, 0.15) is 12.5 Å². The lowest BCUT2D eigenvalue weighted by Crippen LogP contribution is -2.38. The Hall–Kier alpha value is -1.97. The summed E-state index contributed by atoms with van der Waals surface area (Å²) in [6.07, 6.45) is 2.70. The van der Waals surface area contributed by atoms with Gasteiger partial charge in [-0.2, -0.15) is 0 Å². The van der Waals surface area contributed by atoms with Gasteiger partial charge in [-0.15, -0.1) is 6.58 Å². The van der Waals surface area contributed by atoms with Crippen LogP contribution < -0.4 is 15.4 Å². The highest BCUT2D eigenvalue weighted by molar-refractivity contribution is 5.79. The summed E-state index contributed by atoms with van der Waals surface area (Å²) < 4.78 is 5.60. The molecule has 0 heterocycles. The topological polar surface area (TPSA) is 45.7 Å². The zero-order valence-corrected chi connectivity index (χ0v) is 11.8. The molecule has 0 spiro atoms. The molecule has 2 N–H and O–H groups in total. The van der Waals surface area contributed by atoms with Crippen molar-refractivity contribution in [3.63, 3.8) is 0 Å². The van der Waals surface area contributed by atoms with Crippen molar-refractivity contribution in [2.45, 2.75) is 13.3 Å². The molecule has 1 aromatic rings. The SMILES string of the molecule is C=CCNC(=NC)NCCc1ccccc1OCC. The van der Waals surface area contributed by atoms with E-state index in [1.165, 1.54) is 5.56 Å². The standard InChI is InChI=1S/C15H23N3O/c1-4-11-17-15(16-3)18-12-10-13-8-6-7-9-14(13)19-5-2/h4,6-9H,1,5,10-12H2,2-3H3,(H2,16,17,18). The zero-order chi connectivity index (χ0) is 13.9. The molecule has 0 bridgehead atoms. The first-order valence-corrected chi connectivity index (χ1v) is 6.58. The molecule has 0 aliphatic heterocycles. The summed E-state index contributed by atoms with van der Waals surface area (Å²) in [5, 5.41) is 6.39. The van der Waals surface area contributed by atoms with Crippen molar-refractivity contribution >= 4 is 5.96 Å². The molecular weight excluding hydrogens is 238 g/mol. The maximum Gasteiger partial charge on any atom is 0.191 e. The third-order valence-electron chi connectivity index (χ3n) is 2.60. The van der Waals surface area contributed by atoms with Crippen LogP contribution in [0, 0.1) is 0 Å². The number of nitrogens with zero attached hydrogens (tertiary/aromatic N) is 1. The summed E-state index contributed by atoms with van der Waals surface area (Å²) in [5.74, 6) is 1.75. The third-order valence-corrected chi connectivity index (χ3v) is 2.60. The molecule has 0 fully saturated rings. The molecule has 0 aliphatic rings. The molecular formula is C15H23N3O. The molecule has 0 aliphatic carbocycles. The molecule has 0 unspecified atom stereocenters. The van der Waals surface area contributed by atoms with E-state index < -0.39 is 0 Å². The molecule has 0 saturated carbocycles. The van der Waals surface area contributed by atoms with E-state index in [2.05, 4.69) is 28.3 Å². The highest BCUT2D eigenvalue weighted by atomic mass is 16.5. The van der Waals surface area contributed by atoms with E-state index in [1.807, 2.05) is 25.1 Å². The number of hydrogen-bond acceptors (Lipinski definition) is 2. The van der Waals surface area contributed by atoms with E-state index in [0.717, 1.165) is 24.7 Å². The van der Waals surface area contributed by atoms with E-state index in [-0.39, 0.29) is 0 Å². The fourth-order valence-corrected chi connectivity index (χ4v) is 1.71. The van der Waals surface area contributed by atoms with Crippen molar-refractivity contribution in [2.24, 2.45) is 4.99 Å². The van der Waals surface area contributed by atoms with Crippen molar-refractivity contribution in [3.8, 4) is 5.75 Å². The fourth-order valence-electron chi connectivity index (χ4n) is 1.71. The zero-order valence-electron chi connectivity index (χ0n) is 11.8. The van der Waals surface area contributed by atoms with Crippen LogP contribution in [0.3, 0.4) is 0 Å². The smallest absolute Gasteiger partial charge is 0.191 e. The minimum Gasteiger partial charge on any atom is -0.494 e. The first kappa shape index (κ1) is 15.1. The highest BCUT2D eigenvalue weighted by Gasteiger charge is 2.02. The van der Waals surface area contributed by atoms with Gasteiger partial charge in [-0.1, -0.05) is 24.3 Å². The fraction of sp³-hybridized carbons (Fsp3) is 0.400. The molecule has 4 heteroatoms. The van der Waals surface area contributed by atoms with Gasteiger partial charge in [0.1, 0.15) is 5.75 Å². The quantitative estimate of drug-likeness (QED) is 0.448. The van der Waals surface area contributed by atoms with E-state index in [9.17, 15) is 0 Å². The summed E-state index contributed by atoms with van der Waals surface area (Å²) >= 11 is 0. The molecule has 104 valence electrons. The molecule has 1 aromatic carbocycles. The summed E-state index contributed by atoms with van der Waals surface area (Å²) in [4.78, 5) is 4.13. The predicted molar refractivity (Wildman–Crippen MR) is 80.9 cm³/mol. The van der Waals surface area contributed by atoms with Crippen molar-refractivity contribution in [2.75, 3.05) is 26.7 Å². The molecule has 0 saturated heterocycles. The molecule has 19 heavy (non-hydrogen) atoms. The van der Waals surface area contributed by atoms with Gasteiger partial charge in [0.05, 0.1) is 6.61 Å². The average molecular weight is 261 g/mol. The Balaban J connectivity index is 2.46. The number of rotatable bonds is 7. The minimum atomic E-state index is 0.688. The highest BCUT2D eigenvalue weighted by Crippen LogP contribution is 2.17. The van der Waals surface area contributed by atoms with Crippen LogP contribution in [-0.4, -0.2) is 32.7 Å². The summed E-state index contributed by atoms with van der Waals surface area (Å²) in [6.45, 7) is 7.86. The normalized spacial score (nSPS) is 10.9. The molecule has 1 rings (SSSR count). The van der Waals surface area contributed by atoms with Crippen LogP contribution >= 0.6 is 0 Å². The Morgan fingerprint density at radius 2 is 2.16 bits per heavy atom. The van der Waals surface area contributed by atoms with Gasteiger partial charge in [-0.3, -0.25) is 4.99 Å². The van der Waals surface area contributed by atoms with Crippen molar-refractivity contribution < 1.29 is 4.74 Å². The van der Waals surface area contributed by atoms with Crippen LogP contribution in [0.2, 0.25) is 0 Å². The number of guanidine groups is 1. The van der Waals surface area contributed by atoms with Crippen molar-refractivity contribution in [3.05, 3.63) is 42.5 Å². The van der Waals surface area contributed by atoms with Crippen LogP contribution in [0.4, 0.5) is 0 Å². The minimum absolute atomic E-state index is 0.688. The lowest BCUT2D eigenvalue weighted by molar-refractivity contribution is 0.336. The Morgan fingerprint density at radius 3 is 2.84 bits per heavy atom. The van der Waals surface area contributed by atoms with E-state index >= 15 is 0 Å². The van der Waals surface area contributed by atoms with Crippen LogP contribution in [0.25, 0.3) is 0 Å². The largest absolute Gasteiger partial charge is 0.494 e. The number of ether oxygens (including phenoxy) is 1. The van der Waals surface area contributed by atoms with Crippen LogP contribution in [0.5, 0.6) is 5.75 Å². The number of aliphatic imine (C=N–C) groups is 1. The molecule has 0 amide bonds. The lowest BCUT2D eigenvalue weighted by atomic mass is 10.1. The Morgan fingerprint density at radius 1 is 1.37 bits per heavy atom. The molecule has 0 radical (unpaired) electrons. The van der Waals surface area contributed by atoms with Crippen LogP contribution in [-0.2, 0) is 6.42 Å². The first-order chi connectivity index (χ1) is 9.31. The maximum absolute atomic E-state index is 5.60. The van der Waals surface area contributed by atoms with Gasteiger partial charge in [0.25, 0.3) is 0 Å². The van der Waals surface area contributed by atoms with Gasteiger partial charge in [-0.05, 0) is 25.0 Å². The molecule has 4 nitrogen and oxygen atoms in total. The number of hydrogen-bond donors (Lipinski definition) is 2. The summed E-state index contributed by atoms with van der Waals surface area (Å²) in [7, 11) is 1.76. The number of para-hydroxylation sites is 1. The number of nitrogens with one attached hydrogen (secondary N) is 2. The molecule has 0 aromatic heterocycles. The van der Waals surface area contributed by atoms with Gasteiger partial charge < -0.3 is 15.4 Å². The maximum atomic E-state index is 5.60. The second-order valence-corrected chi connectivity index (χ2v) is 3.96. The second kappa shape index (κ2) is 9.03. The van der Waals surface area contributed by atoms with Crippen LogP contribution in [0.15, 0.2) is 41.9 Å². The van der Waals surface area contributed by atoms with Crippen molar-refractivity contribution in [1.29, 1.82) is 0 Å². The van der Waals surface area contributed by atoms with Gasteiger partial charge in [-0.25, -0.2) is 0 Å². The lowest BCUT2D eigenvalue weighted by Gasteiger charge is -2.12. The first-order valence-electron chi connectivity index (χ1n) is 6.58. The Kier molecular flexibility index (Phi) is 7.17. The summed E-state index contributed by atoms with van der Waals surface area (Å²) in [6, 6.07) is 8.12. The molecule has 0 atom stereocenters. The monoisotopic (exact) mass is 261 g/mol. The third kappa shape index (κ3) is 5.46. The number of benzene rings is 1. The Bertz CT molecular complexity index is 416. The van der Waals surface area contributed by atoms with E-state index in [1.54, 1.807) is 13.1 Å². The van der Waals surface area contributed by atoms with Gasteiger partial charge in [0.15, 0.2) is 5.96 Å². The average Bonchev–Trinajstić information content (AvgIpc) is 2.44.